The van der Waals surface area contributed by atoms with Crippen molar-refractivity contribution >= 4 is 58.4 Å². The number of hydrogen-bond acceptors (Lipinski definition) is 4. The summed E-state index contributed by atoms with van der Waals surface area (Å²) >= 11 is 17.7. The molecule has 7 nitrogen and oxygen atoms in total. The number of hydrogen-bond donors (Lipinski definition) is 3. The Morgan fingerprint density at radius 1 is 1.03 bits per heavy atom. The molecular formula is C19H18Cl3N3O4. The summed E-state index contributed by atoms with van der Waals surface area (Å²) in [5.74, 6) is -1.30. The van der Waals surface area contributed by atoms with Gasteiger partial charge in [-0.1, -0.05) is 46.9 Å². The van der Waals surface area contributed by atoms with Crippen LogP contribution < -0.4 is 16.4 Å². The molecule has 0 fully saturated rings. The average Bonchev–Trinajstić information content (AvgIpc) is 2.64. The Bertz CT molecular complexity index is 906. The van der Waals surface area contributed by atoms with Crippen molar-refractivity contribution < 1.29 is 19.1 Å². The molecule has 2 rings (SSSR count). The van der Waals surface area contributed by atoms with Gasteiger partial charge in [-0.2, -0.15) is 0 Å². The Hall–Kier alpha value is -2.48. The first-order valence-corrected chi connectivity index (χ1v) is 9.56. The molecular weight excluding hydrogens is 441 g/mol. The molecule has 0 saturated heterocycles. The van der Waals surface area contributed by atoms with Crippen LogP contribution in [0, 0.1) is 0 Å². The second kappa shape index (κ2) is 10.3. The Labute approximate surface area is 182 Å². The van der Waals surface area contributed by atoms with E-state index in [0.29, 0.717) is 21.3 Å². The first-order chi connectivity index (χ1) is 13.7. The summed E-state index contributed by atoms with van der Waals surface area (Å²) in [5.41, 5.74) is 6.08. The number of nitrogens with two attached hydrogens (primary N) is 1. The molecule has 2 aromatic rings. The Morgan fingerprint density at radius 3 is 2.28 bits per heavy atom. The summed E-state index contributed by atoms with van der Waals surface area (Å²) in [6, 6.07) is 9.55. The van der Waals surface area contributed by atoms with Crippen LogP contribution in [0.3, 0.4) is 0 Å². The molecule has 4 N–H and O–H groups in total. The standard InChI is InChI=1S/C19H18Cl3N3O4/c1-10(18(27)24-16-8-13(21)6-7-14(16)22)29-17(26)9-15(25-19(23)28)11-2-4-12(20)5-3-11/h2-8,10,15H,9H2,1H3,(H,24,27)(H3,23,25,28). The van der Waals surface area contributed by atoms with Gasteiger partial charge in [0.25, 0.3) is 5.91 Å². The number of benzene rings is 2. The molecule has 0 saturated carbocycles. The fraction of sp³-hybridized carbons (Fsp3) is 0.211. The number of carbonyl (C=O) groups is 3. The number of anilines is 1. The van der Waals surface area contributed by atoms with E-state index in [-0.39, 0.29) is 11.4 Å². The molecule has 0 aliphatic heterocycles. The summed E-state index contributed by atoms with van der Waals surface area (Å²) in [5, 5.41) is 6.18. The predicted octanol–water partition coefficient (Wildman–Crippen LogP) is 4.32. The van der Waals surface area contributed by atoms with Gasteiger partial charge in [0.05, 0.1) is 23.2 Å². The molecule has 0 radical (unpaired) electrons. The van der Waals surface area contributed by atoms with Gasteiger partial charge in [-0.05, 0) is 42.8 Å². The third kappa shape index (κ3) is 7.12. The van der Waals surface area contributed by atoms with Gasteiger partial charge < -0.3 is 21.1 Å². The van der Waals surface area contributed by atoms with Crippen LogP contribution in [0.1, 0.15) is 24.9 Å². The summed E-state index contributed by atoms with van der Waals surface area (Å²) in [4.78, 5) is 35.9. The average molecular weight is 459 g/mol. The lowest BCUT2D eigenvalue weighted by Gasteiger charge is -2.19. The fourth-order valence-electron chi connectivity index (χ4n) is 2.41. The van der Waals surface area contributed by atoms with E-state index in [0.717, 1.165) is 0 Å². The maximum Gasteiger partial charge on any atom is 0.312 e. The van der Waals surface area contributed by atoms with Crippen LogP contribution in [0.15, 0.2) is 42.5 Å². The minimum absolute atomic E-state index is 0.236. The lowest BCUT2D eigenvalue weighted by molar-refractivity contribution is -0.153. The van der Waals surface area contributed by atoms with E-state index in [9.17, 15) is 14.4 Å². The van der Waals surface area contributed by atoms with Crippen LogP contribution in [-0.2, 0) is 14.3 Å². The fourth-order valence-corrected chi connectivity index (χ4v) is 2.88. The van der Waals surface area contributed by atoms with Gasteiger partial charge in [0.2, 0.25) is 0 Å². The predicted molar refractivity (Wildman–Crippen MR) is 112 cm³/mol. The third-order valence-corrected chi connectivity index (χ3v) is 4.64. The van der Waals surface area contributed by atoms with Gasteiger partial charge in [0.1, 0.15) is 0 Å². The molecule has 0 aliphatic rings. The lowest BCUT2D eigenvalue weighted by Crippen LogP contribution is -2.36. The SMILES string of the molecule is CC(OC(=O)CC(NC(N)=O)c1ccc(Cl)cc1)C(=O)Nc1cc(Cl)ccc1Cl. The number of ether oxygens (including phenoxy) is 1. The van der Waals surface area contributed by atoms with Crippen molar-refractivity contribution in [1.82, 2.24) is 5.32 Å². The largest absolute Gasteiger partial charge is 0.452 e. The third-order valence-electron chi connectivity index (χ3n) is 3.82. The van der Waals surface area contributed by atoms with Crippen molar-refractivity contribution in [1.29, 1.82) is 0 Å². The molecule has 10 heteroatoms. The first-order valence-electron chi connectivity index (χ1n) is 8.42. The first kappa shape index (κ1) is 22.8. The summed E-state index contributed by atoms with van der Waals surface area (Å²) < 4.78 is 5.17. The maximum atomic E-state index is 12.3. The summed E-state index contributed by atoms with van der Waals surface area (Å²) in [7, 11) is 0. The molecule has 2 unspecified atom stereocenters. The second-order valence-corrected chi connectivity index (χ2v) is 7.34. The van der Waals surface area contributed by atoms with E-state index in [1.54, 1.807) is 30.3 Å². The Balaban J connectivity index is 2.00. The quantitative estimate of drug-likeness (QED) is 0.537. The highest BCUT2D eigenvalue weighted by Crippen LogP contribution is 2.26. The Kier molecular flexibility index (Phi) is 8.13. The van der Waals surface area contributed by atoms with E-state index in [1.165, 1.54) is 19.1 Å². The minimum atomic E-state index is -1.11. The number of urea groups is 1. The highest BCUT2D eigenvalue weighted by molar-refractivity contribution is 6.35. The van der Waals surface area contributed by atoms with Crippen molar-refractivity contribution in [2.45, 2.75) is 25.5 Å². The minimum Gasteiger partial charge on any atom is -0.452 e. The van der Waals surface area contributed by atoms with Crippen molar-refractivity contribution in [3.05, 3.63) is 63.1 Å². The number of halogens is 3. The number of nitrogens with one attached hydrogen (secondary N) is 2. The van der Waals surface area contributed by atoms with E-state index >= 15 is 0 Å². The van der Waals surface area contributed by atoms with Crippen molar-refractivity contribution in [2.75, 3.05) is 5.32 Å². The molecule has 2 atom stereocenters. The van der Waals surface area contributed by atoms with Gasteiger partial charge in [-0.3, -0.25) is 9.59 Å². The highest BCUT2D eigenvalue weighted by atomic mass is 35.5. The van der Waals surface area contributed by atoms with Gasteiger partial charge in [-0.25, -0.2) is 4.79 Å². The molecule has 0 heterocycles. The molecule has 0 spiro atoms. The molecule has 2 aromatic carbocycles. The van der Waals surface area contributed by atoms with Crippen LogP contribution in [0.5, 0.6) is 0 Å². The maximum absolute atomic E-state index is 12.3. The number of esters is 1. The molecule has 0 bridgehead atoms. The van der Waals surface area contributed by atoms with Crippen LogP contribution in [0.2, 0.25) is 15.1 Å². The number of amides is 3. The van der Waals surface area contributed by atoms with Crippen molar-refractivity contribution in [3.8, 4) is 0 Å². The van der Waals surface area contributed by atoms with E-state index in [1.807, 2.05) is 0 Å². The number of primary amides is 1. The van der Waals surface area contributed by atoms with Gasteiger partial charge in [0.15, 0.2) is 6.10 Å². The summed E-state index contributed by atoms with van der Waals surface area (Å²) in [6.45, 7) is 1.41. The van der Waals surface area contributed by atoms with Gasteiger partial charge in [0, 0.05) is 10.0 Å². The van der Waals surface area contributed by atoms with Crippen LogP contribution in [-0.4, -0.2) is 24.0 Å². The van der Waals surface area contributed by atoms with E-state index in [4.69, 9.17) is 45.3 Å². The zero-order chi connectivity index (χ0) is 21.6. The highest BCUT2D eigenvalue weighted by Gasteiger charge is 2.23. The Morgan fingerprint density at radius 2 is 1.66 bits per heavy atom. The van der Waals surface area contributed by atoms with Crippen molar-refractivity contribution in [3.63, 3.8) is 0 Å². The smallest absolute Gasteiger partial charge is 0.312 e. The molecule has 3 amide bonds. The van der Waals surface area contributed by atoms with Crippen LogP contribution in [0.25, 0.3) is 0 Å². The zero-order valence-electron chi connectivity index (χ0n) is 15.2. The van der Waals surface area contributed by atoms with Crippen LogP contribution >= 0.6 is 34.8 Å². The second-order valence-electron chi connectivity index (χ2n) is 6.06. The zero-order valence-corrected chi connectivity index (χ0v) is 17.5. The van der Waals surface area contributed by atoms with Crippen molar-refractivity contribution in [2.24, 2.45) is 5.73 Å². The number of carbonyl (C=O) groups excluding carboxylic acids is 3. The van der Waals surface area contributed by atoms with Crippen LogP contribution in [0.4, 0.5) is 10.5 Å². The van der Waals surface area contributed by atoms with E-state index < -0.39 is 30.1 Å². The molecule has 154 valence electrons. The molecule has 29 heavy (non-hydrogen) atoms. The number of rotatable bonds is 7. The van der Waals surface area contributed by atoms with Gasteiger partial charge in [-0.15, -0.1) is 0 Å². The lowest BCUT2D eigenvalue weighted by atomic mass is 10.0. The van der Waals surface area contributed by atoms with E-state index in [2.05, 4.69) is 10.6 Å². The summed E-state index contributed by atoms with van der Waals surface area (Å²) in [6.07, 6.45) is -1.35. The van der Waals surface area contributed by atoms with Gasteiger partial charge >= 0.3 is 12.0 Å². The monoisotopic (exact) mass is 457 g/mol. The molecule has 0 aliphatic carbocycles. The normalized spacial score (nSPS) is 12.6. The topological polar surface area (TPSA) is 111 Å². The molecule has 0 aromatic heterocycles.